The number of piperazine rings is 1. The summed E-state index contributed by atoms with van der Waals surface area (Å²) in [6.07, 6.45) is 1.33. The van der Waals surface area contributed by atoms with Crippen molar-refractivity contribution in [1.29, 1.82) is 0 Å². The molecule has 0 bridgehead atoms. The van der Waals surface area contributed by atoms with E-state index in [0.29, 0.717) is 41.6 Å². The molecule has 0 aliphatic carbocycles. The number of amides is 2. The van der Waals surface area contributed by atoms with Gasteiger partial charge in [-0.15, -0.1) is 0 Å². The normalized spacial score (nSPS) is 15.3. The molecule has 0 spiro atoms. The van der Waals surface area contributed by atoms with Crippen LogP contribution < -0.4 is 10.6 Å². The molecule has 2 amide bonds. The van der Waals surface area contributed by atoms with Crippen LogP contribution in [0.25, 0.3) is 0 Å². The van der Waals surface area contributed by atoms with Crippen LogP contribution in [0, 0.1) is 5.82 Å². The van der Waals surface area contributed by atoms with Crippen molar-refractivity contribution in [2.75, 3.05) is 50.8 Å². The van der Waals surface area contributed by atoms with Crippen molar-refractivity contribution in [3.05, 3.63) is 34.6 Å². The van der Waals surface area contributed by atoms with Crippen LogP contribution in [-0.2, 0) is 16.1 Å². The lowest BCUT2D eigenvalue weighted by Gasteiger charge is -2.34. The molecule has 1 aliphatic rings. The molecule has 1 heterocycles. The van der Waals surface area contributed by atoms with E-state index in [1.807, 2.05) is 13.8 Å². The molecule has 1 aliphatic heterocycles. The topological polar surface area (TPSA) is 64.7 Å². The zero-order chi connectivity index (χ0) is 22.6. The number of halogens is 2. The third-order valence-electron chi connectivity index (χ3n) is 5.04. The first kappa shape index (κ1) is 25.9. The molecule has 1 fully saturated rings. The van der Waals surface area contributed by atoms with Crippen molar-refractivity contribution in [3.8, 4) is 0 Å². The number of carbonyl (C=O) groups is 2. The summed E-state index contributed by atoms with van der Waals surface area (Å²) in [5.41, 5.74) is 0.568. The molecule has 0 unspecified atom stereocenters. The predicted octanol–water partition coefficient (Wildman–Crippen LogP) is 2.75. The molecule has 174 valence electrons. The third-order valence-corrected chi connectivity index (χ3v) is 6.35. The molecule has 1 saturated heterocycles. The van der Waals surface area contributed by atoms with Gasteiger partial charge >= 0.3 is 0 Å². The zero-order valence-corrected chi connectivity index (χ0v) is 20.0. The Labute approximate surface area is 194 Å². The molecular weight excluding hydrogens is 439 g/mol. The van der Waals surface area contributed by atoms with Gasteiger partial charge < -0.3 is 15.5 Å². The van der Waals surface area contributed by atoms with Crippen molar-refractivity contribution < 1.29 is 14.0 Å². The number of thioether (sulfide) groups is 1. The lowest BCUT2D eigenvalue weighted by atomic mass is 10.2. The highest BCUT2D eigenvalue weighted by molar-refractivity contribution is 7.99. The number of hydrogen-bond donors (Lipinski definition) is 2. The van der Waals surface area contributed by atoms with Crippen LogP contribution in [0.1, 0.15) is 32.3 Å². The zero-order valence-electron chi connectivity index (χ0n) is 18.5. The van der Waals surface area contributed by atoms with Gasteiger partial charge in [0.15, 0.2) is 0 Å². The monoisotopic (exact) mass is 472 g/mol. The van der Waals surface area contributed by atoms with E-state index in [2.05, 4.69) is 20.4 Å². The predicted molar refractivity (Wildman–Crippen MR) is 126 cm³/mol. The van der Waals surface area contributed by atoms with Gasteiger partial charge in [-0.2, -0.15) is 11.8 Å². The number of hydrogen-bond acceptors (Lipinski definition) is 5. The van der Waals surface area contributed by atoms with E-state index in [1.54, 1.807) is 12.1 Å². The molecule has 1 aromatic carbocycles. The molecule has 6 nitrogen and oxygen atoms in total. The lowest BCUT2D eigenvalue weighted by molar-refractivity contribution is -0.121. The SMILES string of the molecule is CC(C)NC(=O)CCSCC(=O)NCCCN1CCN(Cc2c(F)cccc2Cl)CC1. The smallest absolute Gasteiger partial charge is 0.229 e. The van der Waals surface area contributed by atoms with Crippen LogP contribution in [-0.4, -0.2) is 78.4 Å². The fraction of sp³-hybridized carbons (Fsp3) is 0.636. The van der Waals surface area contributed by atoms with Gasteiger partial charge in [0.2, 0.25) is 11.8 Å². The minimum absolute atomic E-state index is 0.0147. The number of nitrogens with zero attached hydrogens (tertiary/aromatic N) is 2. The van der Waals surface area contributed by atoms with E-state index >= 15 is 0 Å². The fourth-order valence-electron chi connectivity index (χ4n) is 3.38. The summed E-state index contributed by atoms with van der Waals surface area (Å²) < 4.78 is 14.0. The number of rotatable bonds is 12. The van der Waals surface area contributed by atoms with E-state index < -0.39 is 0 Å². The van der Waals surface area contributed by atoms with Gasteiger partial charge in [0.1, 0.15) is 5.82 Å². The molecule has 0 aromatic heterocycles. The second-order valence-electron chi connectivity index (χ2n) is 8.05. The van der Waals surface area contributed by atoms with Gasteiger partial charge in [-0.25, -0.2) is 4.39 Å². The minimum atomic E-state index is -0.248. The van der Waals surface area contributed by atoms with Crippen LogP contribution in [0.5, 0.6) is 0 Å². The van der Waals surface area contributed by atoms with Crippen LogP contribution in [0.15, 0.2) is 18.2 Å². The van der Waals surface area contributed by atoms with Crippen molar-refractivity contribution in [2.45, 2.75) is 39.3 Å². The van der Waals surface area contributed by atoms with Gasteiger partial charge in [0.25, 0.3) is 0 Å². The van der Waals surface area contributed by atoms with Crippen molar-refractivity contribution in [2.24, 2.45) is 0 Å². The molecule has 0 atom stereocenters. The second kappa shape index (κ2) is 13.9. The Morgan fingerprint density at radius 2 is 1.87 bits per heavy atom. The summed E-state index contributed by atoms with van der Waals surface area (Å²) in [5.74, 6) is 0.823. The molecular formula is C22H34ClFN4O2S. The summed E-state index contributed by atoms with van der Waals surface area (Å²) in [7, 11) is 0. The quantitative estimate of drug-likeness (QED) is 0.458. The van der Waals surface area contributed by atoms with Crippen LogP contribution in [0.4, 0.5) is 4.39 Å². The van der Waals surface area contributed by atoms with Gasteiger partial charge in [0.05, 0.1) is 5.75 Å². The van der Waals surface area contributed by atoms with E-state index in [9.17, 15) is 14.0 Å². The van der Waals surface area contributed by atoms with Crippen LogP contribution >= 0.6 is 23.4 Å². The van der Waals surface area contributed by atoms with E-state index in [0.717, 1.165) is 39.1 Å². The first-order valence-electron chi connectivity index (χ1n) is 10.9. The summed E-state index contributed by atoms with van der Waals surface area (Å²) in [6.45, 7) is 9.57. The Balaban J connectivity index is 1.51. The van der Waals surface area contributed by atoms with Gasteiger partial charge in [-0.05, 0) is 38.9 Å². The van der Waals surface area contributed by atoms with E-state index in [1.165, 1.54) is 17.8 Å². The molecule has 2 N–H and O–H groups in total. The Hall–Kier alpha value is -1.35. The van der Waals surface area contributed by atoms with Crippen LogP contribution in [0.3, 0.4) is 0 Å². The summed E-state index contributed by atoms with van der Waals surface area (Å²) in [5, 5.41) is 6.26. The Morgan fingerprint density at radius 3 is 2.55 bits per heavy atom. The highest BCUT2D eigenvalue weighted by atomic mass is 35.5. The Bertz CT molecular complexity index is 695. The molecule has 0 saturated carbocycles. The molecule has 31 heavy (non-hydrogen) atoms. The minimum Gasteiger partial charge on any atom is -0.355 e. The lowest BCUT2D eigenvalue weighted by Crippen LogP contribution is -2.46. The van der Waals surface area contributed by atoms with Gasteiger partial charge in [-0.1, -0.05) is 17.7 Å². The number of nitrogens with one attached hydrogen (secondary N) is 2. The summed E-state index contributed by atoms with van der Waals surface area (Å²) in [6, 6.07) is 4.96. The highest BCUT2D eigenvalue weighted by Gasteiger charge is 2.19. The van der Waals surface area contributed by atoms with Gasteiger partial charge in [-0.3, -0.25) is 14.5 Å². The first-order chi connectivity index (χ1) is 14.8. The van der Waals surface area contributed by atoms with E-state index in [4.69, 9.17) is 11.6 Å². The molecule has 0 radical (unpaired) electrons. The molecule has 9 heteroatoms. The largest absolute Gasteiger partial charge is 0.355 e. The van der Waals surface area contributed by atoms with Crippen molar-refractivity contribution in [1.82, 2.24) is 20.4 Å². The summed E-state index contributed by atoms with van der Waals surface area (Å²) >= 11 is 7.61. The van der Waals surface area contributed by atoms with Crippen molar-refractivity contribution >= 4 is 35.2 Å². The summed E-state index contributed by atoms with van der Waals surface area (Å²) in [4.78, 5) is 28.0. The average molecular weight is 473 g/mol. The standard InChI is InChI=1S/C22H34ClFN4O2S/c1-17(2)26-21(29)7-14-31-16-22(30)25-8-4-9-27-10-12-28(13-11-27)15-18-19(23)5-3-6-20(18)24/h3,5-6,17H,4,7-16H2,1-2H3,(H,25,30)(H,26,29). The maximum Gasteiger partial charge on any atom is 0.229 e. The maximum absolute atomic E-state index is 14.0. The molecule has 2 rings (SSSR count). The van der Waals surface area contributed by atoms with Crippen LogP contribution in [0.2, 0.25) is 5.02 Å². The maximum atomic E-state index is 14.0. The molecule has 1 aromatic rings. The third kappa shape index (κ3) is 10.2. The second-order valence-corrected chi connectivity index (χ2v) is 9.56. The number of carbonyl (C=O) groups excluding carboxylic acids is 2. The van der Waals surface area contributed by atoms with Crippen molar-refractivity contribution in [3.63, 3.8) is 0 Å². The Kier molecular flexibility index (Phi) is 11.6. The highest BCUT2D eigenvalue weighted by Crippen LogP contribution is 2.21. The van der Waals surface area contributed by atoms with Gasteiger partial charge in [0, 0.05) is 68.1 Å². The first-order valence-corrected chi connectivity index (χ1v) is 12.4. The average Bonchev–Trinajstić information content (AvgIpc) is 2.72. The number of benzene rings is 1. The fourth-order valence-corrected chi connectivity index (χ4v) is 4.37. The van der Waals surface area contributed by atoms with E-state index in [-0.39, 0.29) is 23.7 Å². The Morgan fingerprint density at radius 1 is 1.16 bits per heavy atom.